The second-order valence-corrected chi connectivity index (χ2v) is 6.31. The average molecular weight is 382 g/mol. The Hall–Kier alpha value is -2.66. The van der Waals surface area contributed by atoms with Crippen molar-refractivity contribution in [3.8, 4) is 0 Å². The third kappa shape index (κ3) is 4.20. The fourth-order valence-corrected chi connectivity index (χ4v) is 2.64. The summed E-state index contributed by atoms with van der Waals surface area (Å²) in [5.74, 6) is 0.502. The van der Waals surface area contributed by atoms with Crippen LogP contribution in [0.3, 0.4) is 0 Å². The Bertz CT molecular complexity index is 862. The van der Waals surface area contributed by atoms with Gasteiger partial charge in [0.15, 0.2) is 0 Å². The number of carbonyl (C=O) groups is 1. The number of amides is 1. The minimum Gasteiger partial charge on any atom is -0.340 e. The maximum atomic E-state index is 12.3. The number of hydrogen-bond acceptors (Lipinski definition) is 3. The second kappa shape index (κ2) is 7.27. The lowest BCUT2D eigenvalue weighted by Crippen LogP contribution is -2.12. The van der Waals surface area contributed by atoms with E-state index in [0.717, 1.165) is 21.4 Å². The van der Waals surface area contributed by atoms with Crippen LogP contribution in [0.15, 0.2) is 71.3 Å². The van der Waals surface area contributed by atoms with E-state index in [4.69, 9.17) is 0 Å². The van der Waals surface area contributed by atoms with Crippen LogP contribution in [0.2, 0.25) is 0 Å². The summed E-state index contributed by atoms with van der Waals surface area (Å²) in [5.41, 5.74) is 3.31. The van der Waals surface area contributed by atoms with Gasteiger partial charge in [0.25, 0.3) is 5.91 Å². The summed E-state index contributed by atoms with van der Waals surface area (Å²) in [7, 11) is 0. The normalized spacial score (nSPS) is 10.2. The first-order chi connectivity index (χ1) is 11.6. The predicted octanol–water partition coefficient (Wildman–Crippen LogP) is 5.15. The quantitative estimate of drug-likeness (QED) is 0.656. The average Bonchev–Trinajstić information content (AvgIpc) is 2.55. The Labute approximate surface area is 149 Å². The van der Waals surface area contributed by atoms with Gasteiger partial charge < -0.3 is 10.6 Å². The summed E-state index contributed by atoms with van der Waals surface area (Å²) < 4.78 is 0.988. The van der Waals surface area contributed by atoms with Gasteiger partial charge in [0, 0.05) is 22.0 Å². The standard InChI is InChI=1S/C19H16BrN3O/c1-13-4-2-6-16(10-13)23-19(24)14-8-9-18(21-12-14)22-17-7-3-5-15(20)11-17/h2-12H,1H3,(H,21,22)(H,23,24). The van der Waals surface area contributed by atoms with Gasteiger partial charge in [0.1, 0.15) is 5.82 Å². The molecule has 0 radical (unpaired) electrons. The van der Waals surface area contributed by atoms with Gasteiger partial charge in [-0.3, -0.25) is 4.79 Å². The third-order valence-corrected chi connectivity index (χ3v) is 3.89. The first kappa shape index (κ1) is 16.2. The van der Waals surface area contributed by atoms with E-state index in [-0.39, 0.29) is 5.91 Å². The molecule has 2 N–H and O–H groups in total. The molecule has 0 saturated carbocycles. The molecule has 0 fully saturated rings. The van der Waals surface area contributed by atoms with Crippen molar-refractivity contribution in [2.75, 3.05) is 10.6 Å². The van der Waals surface area contributed by atoms with E-state index >= 15 is 0 Å². The minimum atomic E-state index is -0.179. The molecule has 0 spiro atoms. The molecular weight excluding hydrogens is 366 g/mol. The number of halogens is 1. The number of nitrogens with zero attached hydrogens (tertiary/aromatic N) is 1. The van der Waals surface area contributed by atoms with Gasteiger partial charge in [-0.25, -0.2) is 4.98 Å². The van der Waals surface area contributed by atoms with Gasteiger partial charge in [-0.1, -0.05) is 34.1 Å². The topological polar surface area (TPSA) is 54.0 Å². The van der Waals surface area contributed by atoms with E-state index < -0.39 is 0 Å². The van der Waals surface area contributed by atoms with E-state index in [0.29, 0.717) is 11.4 Å². The van der Waals surface area contributed by atoms with Crippen molar-refractivity contribution in [1.82, 2.24) is 4.98 Å². The lowest BCUT2D eigenvalue weighted by atomic mass is 10.2. The van der Waals surface area contributed by atoms with Crippen LogP contribution < -0.4 is 10.6 Å². The molecule has 4 nitrogen and oxygen atoms in total. The third-order valence-electron chi connectivity index (χ3n) is 3.40. The highest BCUT2D eigenvalue weighted by Crippen LogP contribution is 2.19. The SMILES string of the molecule is Cc1cccc(NC(=O)c2ccc(Nc3cccc(Br)c3)nc2)c1. The largest absolute Gasteiger partial charge is 0.340 e. The van der Waals surface area contributed by atoms with Crippen LogP contribution in [0.5, 0.6) is 0 Å². The molecule has 24 heavy (non-hydrogen) atoms. The van der Waals surface area contributed by atoms with E-state index in [9.17, 15) is 4.79 Å². The Morgan fingerprint density at radius 1 is 1.00 bits per heavy atom. The molecule has 0 aliphatic rings. The van der Waals surface area contributed by atoms with Crippen LogP contribution in [0, 0.1) is 6.92 Å². The van der Waals surface area contributed by atoms with Crippen LogP contribution in [-0.4, -0.2) is 10.9 Å². The zero-order valence-corrected chi connectivity index (χ0v) is 14.7. The van der Waals surface area contributed by atoms with Crippen LogP contribution in [0.4, 0.5) is 17.2 Å². The number of benzene rings is 2. The lowest BCUT2D eigenvalue weighted by Gasteiger charge is -2.08. The summed E-state index contributed by atoms with van der Waals surface area (Å²) in [4.78, 5) is 16.6. The number of nitrogens with one attached hydrogen (secondary N) is 2. The summed E-state index contributed by atoms with van der Waals surface area (Å²) in [6.07, 6.45) is 1.56. The number of carbonyl (C=O) groups excluding carboxylic acids is 1. The number of rotatable bonds is 4. The maximum Gasteiger partial charge on any atom is 0.257 e. The molecule has 2 aromatic carbocycles. The first-order valence-electron chi connectivity index (χ1n) is 7.47. The molecule has 0 saturated heterocycles. The van der Waals surface area contributed by atoms with Gasteiger partial charge in [-0.2, -0.15) is 0 Å². The van der Waals surface area contributed by atoms with E-state index in [1.54, 1.807) is 18.3 Å². The smallest absolute Gasteiger partial charge is 0.257 e. The number of aromatic nitrogens is 1. The zero-order valence-electron chi connectivity index (χ0n) is 13.1. The Balaban J connectivity index is 1.68. The van der Waals surface area contributed by atoms with Gasteiger partial charge in [-0.05, 0) is 55.0 Å². The Morgan fingerprint density at radius 2 is 1.79 bits per heavy atom. The number of aryl methyl sites for hydroxylation is 1. The highest BCUT2D eigenvalue weighted by Gasteiger charge is 2.07. The van der Waals surface area contributed by atoms with Crippen molar-refractivity contribution in [2.45, 2.75) is 6.92 Å². The number of pyridine rings is 1. The van der Waals surface area contributed by atoms with E-state index in [1.165, 1.54) is 0 Å². The lowest BCUT2D eigenvalue weighted by molar-refractivity contribution is 0.102. The van der Waals surface area contributed by atoms with Crippen LogP contribution in [0.1, 0.15) is 15.9 Å². The van der Waals surface area contributed by atoms with Gasteiger partial charge in [0.05, 0.1) is 5.56 Å². The number of anilines is 3. The molecule has 120 valence electrons. The summed E-state index contributed by atoms with van der Waals surface area (Å²) >= 11 is 3.43. The van der Waals surface area contributed by atoms with Gasteiger partial charge in [0.2, 0.25) is 0 Å². The molecule has 3 aromatic rings. The highest BCUT2D eigenvalue weighted by molar-refractivity contribution is 9.10. The first-order valence-corrected chi connectivity index (χ1v) is 8.26. The van der Waals surface area contributed by atoms with Crippen molar-refractivity contribution in [3.63, 3.8) is 0 Å². The van der Waals surface area contributed by atoms with Crippen molar-refractivity contribution in [3.05, 3.63) is 82.5 Å². The summed E-state index contributed by atoms with van der Waals surface area (Å²) in [6.45, 7) is 1.99. The fraction of sp³-hybridized carbons (Fsp3) is 0.0526. The molecule has 0 unspecified atom stereocenters. The van der Waals surface area contributed by atoms with Crippen molar-refractivity contribution in [1.29, 1.82) is 0 Å². The van der Waals surface area contributed by atoms with E-state index in [2.05, 4.69) is 31.5 Å². The molecule has 0 atom stereocenters. The van der Waals surface area contributed by atoms with E-state index in [1.807, 2.05) is 55.5 Å². The molecule has 1 heterocycles. The highest BCUT2D eigenvalue weighted by atomic mass is 79.9. The second-order valence-electron chi connectivity index (χ2n) is 5.39. The molecule has 0 aliphatic carbocycles. The number of hydrogen-bond donors (Lipinski definition) is 2. The van der Waals surface area contributed by atoms with Gasteiger partial charge >= 0.3 is 0 Å². The summed E-state index contributed by atoms with van der Waals surface area (Å²) in [6, 6.07) is 19.0. The molecule has 0 bridgehead atoms. The van der Waals surface area contributed by atoms with Crippen LogP contribution in [0.25, 0.3) is 0 Å². The van der Waals surface area contributed by atoms with Gasteiger partial charge in [-0.15, -0.1) is 0 Å². The molecule has 0 aliphatic heterocycles. The Morgan fingerprint density at radius 3 is 2.50 bits per heavy atom. The predicted molar refractivity (Wildman–Crippen MR) is 101 cm³/mol. The molecule has 5 heteroatoms. The molecular formula is C19H16BrN3O. The monoisotopic (exact) mass is 381 g/mol. The zero-order chi connectivity index (χ0) is 16.9. The van der Waals surface area contributed by atoms with Crippen molar-refractivity contribution < 1.29 is 4.79 Å². The van der Waals surface area contributed by atoms with Crippen molar-refractivity contribution in [2.24, 2.45) is 0 Å². The molecule has 1 amide bonds. The molecule has 3 rings (SSSR count). The molecule has 1 aromatic heterocycles. The fourth-order valence-electron chi connectivity index (χ4n) is 2.24. The minimum absolute atomic E-state index is 0.179. The van der Waals surface area contributed by atoms with Crippen molar-refractivity contribution >= 4 is 39.0 Å². The summed E-state index contributed by atoms with van der Waals surface area (Å²) in [5, 5.41) is 6.07. The Kier molecular flexibility index (Phi) is 4.91. The van der Waals surface area contributed by atoms with Crippen LogP contribution >= 0.6 is 15.9 Å². The van der Waals surface area contributed by atoms with Crippen LogP contribution in [-0.2, 0) is 0 Å². The maximum absolute atomic E-state index is 12.3.